The smallest absolute Gasteiger partial charge is 0.339 e. The summed E-state index contributed by atoms with van der Waals surface area (Å²) in [6.07, 6.45) is -3.04. The molecule has 0 amide bonds. The number of aromatic nitrogens is 2. The zero-order valence-corrected chi connectivity index (χ0v) is 15.9. The van der Waals surface area contributed by atoms with Crippen molar-refractivity contribution in [2.24, 2.45) is 0 Å². The van der Waals surface area contributed by atoms with Gasteiger partial charge in [0.25, 0.3) is 0 Å². The average molecular weight is 407 g/mol. The molecule has 0 aliphatic heterocycles. The van der Waals surface area contributed by atoms with Gasteiger partial charge in [-0.3, -0.25) is 0 Å². The average Bonchev–Trinajstić information content (AvgIpc) is 2.64. The SMILES string of the molecule is CC(C)c1ccc(Nc2ncc(Cl)c(Nc3cccc(C(F)(F)F)c3)n2)cc1. The van der Waals surface area contributed by atoms with Crippen molar-refractivity contribution >= 4 is 34.7 Å². The molecule has 3 aromatic rings. The number of alkyl halides is 3. The lowest BCUT2D eigenvalue weighted by molar-refractivity contribution is -0.137. The van der Waals surface area contributed by atoms with E-state index in [2.05, 4.69) is 34.4 Å². The van der Waals surface area contributed by atoms with Crippen LogP contribution in [0.4, 0.5) is 36.3 Å². The highest BCUT2D eigenvalue weighted by molar-refractivity contribution is 6.32. The van der Waals surface area contributed by atoms with Crippen LogP contribution in [0.2, 0.25) is 5.02 Å². The van der Waals surface area contributed by atoms with Gasteiger partial charge in [-0.2, -0.15) is 18.2 Å². The maximum atomic E-state index is 12.9. The highest BCUT2D eigenvalue weighted by Gasteiger charge is 2.30. The predicted molar refractivity (Wildman–Crippen MR) is 106 cm³/mol. The van der Waals surface area contributed by atoms with Gasteiger partial charge < -0.3 is 10.6 Å². The molecule has 0 bridgehead atoms. The third kappa shape index (κ3) is 4.92. The number of rotatable bonds is 5. The molecule has 3 rings (SSSR count). The minimum Gasteiger partial charge on any atom is -0.339 e. The van der Waals surface area contributed by atoms with Crippen LogP contribution in [0, 0.1) is 0 Å². The maximum absolute atomic E-state index is 12.9. The Morgan fingerprint density at radius 2 is 1.68 bits per heavy atom. The first-order chi connectivity index (χ1) is 13.2. The number of hydrogen-bond acceptors (Lipinski definition) is 4. The summed E-state index contributed by atoms with van der Waals surface area (Å²) in [5.74, 6) is 0.901. The maximum Gasteiger partial charge on any atom is 0.416 e. The molecule has 28 heavy (non-hydrogen) atoms. The Labute approximate surface area is 165 Å². The van der Waals surface area contributed by atoms with Crippen LogP contribution in [-0.2, 0) is 6.18 Å². The summed E-state index contributed by atoms with van der Waals surface area (Å²) in [6, 6.07) is 12.6. The van der Waals surface area contributed by atoms with Crippen molar-refractivity contribution in [1.82, 2.24) is 9.97 Å². The molecular formula is C20H18ClF3N4. The lowest BCUT2D eigenvalue weighted by Gasteiger charge is -2.12. The highest BCUT2D eigenvalue weighted by Crippen LogP contribution is 2.32. The fourth-order valence-corrected chi connectivity index (χ4v) is 2.64. The van der Waals surface area contributed by atoms with Gasteiger partial charge in [-0.05, 0) is 41.8 Å². The van der Waals surface area contributed by atoms with E-state index in [1.54, 1.807) is 0 Å². The lowest BCUT2D eigenvalue weighted by atomic mass is 10.0. The van der Waals surface area contributed by atoms with E-state index < -0.39 is 11.7 Å². The van der Waals surface area contributed by atoms with Crippen molar-refractivity contribution in [2.75, 3.05) is 10.6 Å². The Kier molecular flexibility index (Phi) is 5.74. The molecule has 0 fully saturated rings. The summed E-state index contributed by atoms with van der Waals surface area (Å²) in [7, 11) is 0. The molecule has 146 valence electrons. The Hall–Kier alpha value is -2.80. The van der Waals surface area contributed by atoms with E-state index >= 15 is 0 Å². The van der Waals surface area contributed by atoms with Gasteiger partial charge in [-0.1, -0.05) is 43.6 Å². The Bertz CT molecular complexity index is 956. The zero-order chi connectivity index (χ0) is 20.3. The summed E-state index contributed by atoms with van der Waals surface area (Å²) in [4.78, 5) is 8.38. The molecule has 2 aromatic carbocycles. The normalized spacial score (nSPS) is 11.5. The second kappa shape index (κ2) is 8.06. The van der Waals surface area contributed by atoms with Gasteiger partial charge in [0.2, 0.25) is 5.95 Å². The van der Waals surface area contributed by atoms with Crippen LogP contribution in [-0.4, -0.2) is 9.97 Å². The van der Waals surface area contributed by atoms with Gasteiger partial charge >= 0.3 is 6.18 Å². The standard InChI is InChI=1S/C20H18ClF3N4/c1-12(2)13-6-8-15(9-7-13)27-19-25-11-17(21)18(28-19)26-16-5-3-4-14(10-16)20(22,23)24/h3-12H,1-2H3,(H2,25,26,27,28). The topological polar surface area (TPSA) is 49.8 Å². The Morgan fingerprint density at radius 3 is 2.32 bits per heavy atom. The van der Waals surface area contributed by atoms with Crippen LogP contribution < -0.4 is 10.6 Å². The highest BCUT2D eigenvalue weighted by atomic mass is 35.5. The van der Waals surface area contributed by atoms with E-state index in [-0.39, 0.29) is 22.5 Å². The summed E-state index contributed by atoms with van der Waals surface area (Å²) in [6.45, 7) is 4.22. The van der Waals surface area contributed by atoms with E-state index in [0.29, 0.717) is 5.92 Å². The van der Waals surface area contributed by atoms with Crippen molar-refractivity contribution in [2.45, 2.75) is 25.9 Å². The van der Waals surface area contributed by atoms with Gasteiger partial charge in [0.1, 0.15) is 5.02 Å². The fourth-order valence-electron chi connectivity index (χ4n) is 2.51. The molecule has 0 radical (unpaired) electrons. The molecule has 4 nitrogen and oxygen atoms in total. The lowest BCUT2D eigenvalue weighted by Crippen LogP contribution is -2.06. The third-order valence-corrected chi connectivity index (χ3v) is 4.31. The van der Waals surface area contributed by atoms with Crippen molar-refractivity contribution in [3.05, 3.63) is 70.9 Å². The number of halogens is 4. The summed E-state index contributed by atoms with van der Waals surface area (Å²) >= 11 is 6.10. The Morgan fingerprint density at radius 1 is 0.964 bits per heavy atom. The molecule has 0 atom stereocenters. The molecule has 0 aliphatic carbocycles. The van der Waals surface area contributed by atoms with Crippen molar-refractivity contribution < 1.29 is 13.2 Å². The van der Waals surface area contributed by atoms with Crippen LogP contribution in [0.25, 0.3) is 0 Å². The van der Waals surface area contributed by atoms with Crippen molar-refractivity contribution in [1.29, 1.82) is 0 Å². The van der Waals surface area contributed by atoms with E-state index in [4.69, 9.17) is 11.6 Å². The minimum atomic E-state index is -4.43. The molecular weight excluding hydrogens is 389 g/mol. The zero-order valence-electron chi connectivity index (χ0n) is 15.2. The number of anilines is 4. The third-order valence-electron chi connectivity index (χ3n) is 4.03. The quantitative estimate of drug-likeness (QED) is 0.491. The van der Waals surface area contributed by atoms with E-state index in [1.807, 2.05) is 24.3 Å². The second-order valence-electron chi connectivity index (χ2n) is 6.50. The minimum absolute atomic E-state index is 0.193. The van der Waals surface area contributed by atoms with Gasteiger partial charge in [-0.15, -0.1) is 0 Å². The molecule has 1 aromatic heterocycles. The van der Waals surface area contributed by atoms with Crippen LogP contribution in [0.5, 0.6) is 0 Å². The molecule has 0 saturated carbocycles. The van der Waals surface area contributed by atoms with Crippen molar-refractivity contribution in [3.63, 3.8) is 0 Å². The second-order valence-corrected chi connectivity index (χ2v) is 6.90. The van der Waals surface area contributed by atoms with Gasteiger partial charge in [0, 0.05) is 11.4 Å². The van der Waals surface area contributed by atoms with Crippen LogP contribution in [0.1, 0.15) is 30.9 Å². The Balaban J connectivity index is 1.80. The summed E-state index contributed by atoms with van der Waals surface area (Å²) in [5, 5.41) is 6.06. The van der Waals surface area contributed by atoms with E-state index in [0.717, 1.165) is 17.8 Å². The molecule has 0 spiro atoms. The van der Waals surface area contributed by atoms with Crippen LogP contribution in [0.3, 0.4) is 0 Å². The number of hydrogen-bond donors (Lipinski definition) is 2. The van der Waals surface area contributed by atoms with E-state index in [1.165, 1.54) is 23.9 Å². The molecule has 0 unspecified atom stereocenters. The number of benzene rings is 2. The van der Waals surface area contributed by atoms with Gasteiger partial charge in [0.15, 0.2) is 5.82 Å². The van der Waals surface area contributed by atoms with Crippen molar-refractivity contribution in [3.8, 4) is 0 Å². The number of nitrogens with zero attached hydrogens (tertiary/aromatic N) is 2. The largest absolute Gasteiger partial charge is 0.416 e. The first kappa shape index (κ1) is 19.9. The first-order valence-corrected chi connectivity index (χ1v) is 8.94. The fraction of sp³-hybridized carbons (Fsp3) is 0.200. The molecule has 0 saturated heterocycles. The van der Waals surface area contributed by atoms with Crippen LogP contribution in [0.15, 0.2) is 54.7 Å². The predicted octanol–water partition coefficient (Wildman–Crippen LogP) is 6.76. The van der Waals surface area contributed by atoms with Gasteiger partial charge in [0.05, 0.1) is 11.8 Å². The summed E-state index contributed by atoms with van der Waals surface area (Å²) in [5.41, 5.74) is 1.46. The molecule has 0 aliphatic rings. The summed E-state index contributed by atoms with van der Waals surface area (Å²) < 4.78 is 38.6. The molecule has 8 heteroatoms. The monoisotopic (exact) mass is 406 g/mol. The number of nitrogens with one attached hydrogen (secondary N) is 2. The molecule has 1 heterocycles. The molecule has 2 N–H and O–H groups in total. The first-order valence-electron chi connectivity index (χ1n) is 8.56. The van der Waals surface area contributed by atoms with Gasteiger partial charge in [-0.25, -0.2) is 4.98 Å². The van der Waals surface area contributed by atoms with E-state index in [9.17, 15) is 13.2 Å². The van der Waals surface area contributed by atoms with Crippen LogP contribution >= 0.6 is 11.6 Å².